The van der Waals surface area contributed by atoms with E-state index >= 15 is 0 Å². The van der Waals surface area contributed by atoms with Gasteiger partial charge in [-0.3, -0.25) is 28.8 Å². The molecule has 0 aliphatic carbocycles. The first-order valence-corrected chi connectivity index (χ1v) is 17.2. The summed E-state index contributed by atoms with van der Waals surface area (Å²) in [5.41, 5.74) is -4.39. The van der Waals surface area contributed by atoms with Crippen LogP contribution < -0.4 is 26.5 Å². The van der Waals surface area contributed by atoms with Crippen LogP contribution in [-0.4, -0.2) is 82.5 Å². The first-order valence-electron chi connectivity index (χ1n) is 17.2. The zero-order valence-electron chi connectivity index (χ0n) is 30.2. The number of amides is 1. The number of ether oxygens (including phenoxy) is 3. The van der Waals surface area contributed by atoms with Gasteiger partial charge in [-0.2, -0.15) is 23.4 Å². The number of alkyl halides is 3. The fourth-order valence-electron chi connectivity index (χ4n) is 6.15. The van der Waals surface area contributed by atoms with E-state index < -0.39 is 62.9 Å². The van der Waals surface area contributed by atoms with Crippen molar-refractivity contribution in [1.82, 2.24) is 25.7 Å². The average molecular weight is 801 g/mol. The highest BCUT2D eigenvalue weighted by Gasteiger charge is 2.45. The van der Waals surface area contributed by atoms with E-state index in [1.165, 1.54) is 43.8 Å². The number of benzene rings is 2. The van der Waals surface area contributed by atoms with Crippen molar-refractivity contribution in [1.29, 1.82) is 0 Å². The zero-order chi connectivity index (χ0) is 41.4. The SMILES string of the molecule is COc1ccc(Nc2ccc(CNC(=O)[C@]3(CC(=O)c4cn[nH]c(=O)c4)CCOC3)c(F)c2)c(C(F)(F)F)c1.O=C(C[C@@]1(C(=O)O)CCOC1)c1cn[nH]c(=O)c1. The van der Waals surface area contributed by atoms with E-state index in [0.717, 1.165) is 24.3 Å². The van der Waals surface area contributed by atoms with Gasteiger partial charge in [0.15, 0.2) is 11.6 Å². The van der Waals surface area contributed by atoms with E-state index in [1.54, 1.807) is 0 Å². The highest BCUT2D eigenvalue weighted by Crippen LogP contribution is 2.39. The number of methoxy groups -OCH3 is 1. The summed E-state index contributed by atoms with van der Waals surface area (Å²) in [5.74, 6) is -3.20. The Bertz CT molecular complexity index is 2250. The van der Waals surface area contributed by atoms with Gasteiger partial charge < -0.3 is 30.0 Å². The lowest BCUT2D eigenvalue weighted by molar-refractivity contribution is -0.148. The van der Waals surface area contributed by atoms with Crippen molar-refractivity contribution in [3.05, 3.63) is 110 Å². The van der Waals surface area contributed by atoms with E-state index in [1.807, 2.05) is 0 Å². The van der Waals surface area contributed by atoms with Crippen LogP contribution in [0.4, 0.5) is 28.9 Å². The monoisotopic (exact) mass is 800 g/mol. The van der Waals surface area contributed by atoms with Crippen LogP contribution in [-0.2, 0) is 31.8 Å². The number of halogens is 4. The molecule has 2 saturated heterocycles. The largest absolute Gasteiger partial charge is 0.497 e. The number of nitrogens with one attached hydrogen (secondary N) is 4. The lowest BCUT2D eigenvalue weighted by Gasteiger charge is -2.25. The molecule has 0 bridgehead atoms. The van der Waals surface area contributed by atoms with Crippen molar-refractivity contribution < 1.29 is 56.1 Å². The highest BCUT2D eigenvalue weighted by atomic mass is 19.4. The number of nitrogens with zero attached hydrogens (tertiary/aromatic N) is 2. The Morgan fingerprint density at radius 1 is 0.860 bits per heavy atom. The number of aromatic amines is 2. The molecule has 2 aromatic heterocycles. The summed E-state index contributed by atoms with van der Waals surface area (Å²) in [7, 11) is 1.25. The van der Waals surface area contributed by atoms with Crippen LogP contribution in [0.5, 0.6) is 5.75 Å². The van der Waals surface area contributed by atoms with Crippen LogP contribution >= 0.6 is 0 Å². The number of aliphatic carboxylic acids is 1. The topological polar surface area (TPSA) is 232 Å². The fourth-order valence-corrected chi connectivity index (χ4v) is 6.15. The first kappa shape index (κ1) is 41.9. The minimum absolute atomic E-state index is 0.0185. The number of carbonyl (C=O) groups is 4. The summed E-state index contributed by atoms with van der Waals surface area (Å²) >= 11 is 0. The predicted octanol–water partition coefficient (Wildman–Crippen LogP) is 3.81. The molecule has 4 aromatic rings. The van der Waals surface area contributed by atoms with E-state index in [4.69, 9.17) is 14.2 Å². The Morgan fingerprint density at radius 2 is 1.44 bits per heavy atom. The Hall–Kier alpha value is -6.28. The van der Waals surface area contributed by atoms with Gasteiger partial charge in [-0.1, -0.05) is 6.07 Å². The van der Waals surface area contributed by atoms with E-state index in [9.17, 15) is 51.4 Å². The molecule has 2 atom stereocenters. The molecule has 6 rings (SSSR count). The molecular weight excluding hydrogens is 764 g/mol. The molecule has 57 heavy (non-hydrogen) atoms. The Morgan fingerprint density at radius 3 is 1.93 bits per heavy atom. The molecule has 2 fully saturated rings. The number of carbonyl (C=O) groups excluding carboxylic acids is 3. The second-order valence-corrected chi connectivity index (χ2v) is 13.4. The molecule has 4 heterocycles. The van der Waals surface area contributed by atoms with Crippen LogP contribution in [0.1, 0.15) is 57.5 Å². The van der Waals surface area contributed by atoms with Gasteiger partial charge >= 0.3 is 12.1 Å². The van der Waals surface area contributed by atoms with E-state index in [0.29, 0.717) is 13.0 Å². The molecule has 2 aliphatic rings. The minimum Gasteiger partial charge on any atom is -0.497 e. The molecule has 0 radical (unpaired) electrons. The summed E-state index contributed by atoms with van der Waals surface area (Å²) in [6.07, 6.45) is -2.14. The van der Waals surface area contributed by atoms with E-state index in [-0.39, 0.29) is 79.4 Å². The number of Topliss-reactive ketones (excluding diaryl/α,β-unsaturated/α-hetero) is 2. The second kappa shape index (κ2) is 17.7. The number of hydrogen-bond acceptors (Lipinski definition) is 12. The smallest absolute Gasteiger partial charge is 0.418 e. The third-order valence-electron chi connectivity index (χ3n) is 9.42. The second-order valence-electron chi connectivity index (χ2n) is 13.4. The minimum atomic E-state index is -4.67. The number of rotatable bonds is 13. The first-order chi connectivity index (χ1) is 27.0. The molecular formula is C37H36F4N6O10. The van der Waals surface area contributed by atoms with Crippen LogP contribution in [0.2, 0.25) is 0 Å². The Labute approximate surface area is 319 Å². The number of hydrogen-bond donors (Lipinski definition) is 5. The lowest BCUT2D eigenvalue weighted by Crippen LogP contribution is -2.43. The molecule has 20 heteroatoms. The van der Waals surface area contributed by atoms with Crippen molar-refractivity contribution in [2.45, 2.75) is 38.4 Å². The third-order valence-corrected chi connectivity index (χ3v) is 9.42. The van der Waals surface area contributed by atoms with Gasteiger partial charge in [0.25, 0.3) is 11.1 Å². The van der Waals surface area contributed by atoms with Gasteiger partial charge in [-0.05, 0) is 43.2 Å². The van der Waals surface area contributed by atoms with Gasteiger partial charge in [0, 0.05) is 67.1 Å². The summed E-state index contributed by atoms with van der Waals surface area (Å²) in [4.78, 5) is 71.5. The summed E-state index contributed by atoms with van der Waals surface area (Å²) in [6, 6.07) is 9.29. The van der Waals surface area contributed by atoms with Crippen LogP contribution in [0, 0.1) is 16.6 Å². The molecule has 0 saturated carbocycles. The highest BCUT2D eigenvalue weighted by molar-refractivity contribution is 6.00. The van der Waals surface area contributed by atoms with Crippen molar-refractivity contribution in [2.75, 3.05) is 38.9 Å². The molecule has 2 aromatic carbocycles. The average Bonchev–Trinajstić information content (AvgIpc) is 3.86. The fraction of sp³-hybridized carbons (Fsp3) is 0.351. The maximum absolute atomic E-state index is 14.8. The van der Waals surface area contributed by atoms with Gasteiger partial charge in [0.1, 0.15) is 17.0 Å². The van der Waals surface area contributed by atoms with Crippen LogP contribution in [0.3, 0.4) is 0 Å². The van der Waals surface area contributed by atoms with Crippen molar-refractivity contribution >= 4 is 34.8 Å². The molecule has 16 nitrogen and oxygen atoms in total. The van der Waals surface area contributed by atoms with Crippen molar-refractivity contribution in [2.24, 2.45) is 10.8 Å². The third kappa shape index (κ3) is 10.3. The van der Waals surface area contributed by atoms with Gasteiger partial charge in [0.05, 0.1) is 49.4 Å². The number of aromatic nitrogens is 4. The predicted molar refractivity (Wildman–Crippen MR) is 191 cm³/mol. The number of ketones is 2. The van der Waals surface area contributed by atoms with Crippen molar-refractivity contribution in [3.63, 3.8) is 0 Å². The van der Waals surface area contributed by atoms with Gasteiger partial charge in [-0.25, -0.2) is 14.6 Å². The van der Waals surface area contributed by atoms with Crippen LogP contribution in [0.15, 0.2) is 70.5 Å². The number of H-pyrrole nitrogens is 2. The van der Waals surface area contributed by atoms with Crippen molar-refractivity contribution in [3.8, 4) is 5.75 Å². The Balaban J connectivity index is 0.000000287. The standard InChI is InChI=1S/C26H24F4N4O5.C11H12N2O5/c1-38-18-4-5-21(19(10-18)26(28,29)30)33-17-3-2-15(20(27)9-17)12-31-24(37)25(6-7-39-14-25)11-22(35)16-8-23(36)34-32-13-16;14-8(7-3-9(15)13-12-5-7)4-11(10(16)17)1-2-18-6-11/h2-5,8-10,13,33H,6-7,11-12,14H2,1H3,(H,31,37)(H,34,36);3,5H,1-2,4,6H2,(H,13,15)(H,16,17)/t25-;11-/m00/s1. The summed E-state index contributed by atoms with van der Waals surface area (Å²) in [6.45, 7) is 0.325. The van der Waals surface area contributed by atoms with Gasteiger partial charge in [-0.15, -0.1) is 0 Å². The Kier molecular flexibility index (Phi) is 13.0. The number of carboxylic acid groups (broad SMARTS) is 1. The number of carboxylic acids is 1. The number of anilines is 2. The molecule has 2 aliphatic heterocycles. The summed E-state index contributed by atoms with van der Waals surface area (Å²) < 4.78 is 70.6. The normalized spacial score (nSPS) is 18.9. The zero-order valence-corrected chi connectivity index (χ0v) is 30.2. The molecule has 0 spiro atoms. The molecule has 1 amide bonds. The molecule has 5 N–H and O–H groups in total. The molecule has 302 valence electrons. The van der Waals surface area contributed by atoms with Gasteiger partial charge in [0.2, 0.25) is 5.91 Å². The van der Waals surface area contributed by atoms with E-state index in [2.05, 4.69) is 31.0 Å². The maximum atomic E-state index is 14.8. The summed E-state index contributed by atoms with van der Waals surface area (Å²) in [5, 5.41) is 25.8. The van der Waals surface area contributed by atoms with Crippen LogP contribution in [0.25, 0.3) is 0 Å². The lowest BCUT2D eigenvalue weighted by atomic mass is 9.80. The maximum Gasteiger partial charge on any atom is 0.418 e. The quantitative estimate of drug-likeness (QED) is 0.0958. The molecule has 0 unspecified atom stereocenters.